The molecule has 6 heteroatoms. The fraction of sp³-hybridized carbons (Fsp3) is 0.538. The molecular formula is C13H14F3NO2. The van der Waals surface area contributed by atoms with E-state index in [-0.39, 0.29) is 12.8 Å². The average molecular weight is 273 g/mol. The number of aryl methyl sites for hydroxylation is 1. The number of hydrogen-bond donors (Lipinski definition) is 1. The molecule has 0 bridgehead atoms. The number of carboxylic acid groups (broad SMARTS) is 1. The second-order valence-corrected chi connectivity index (χ2v) is 5.03. The highest BCUT2D eigenvalue weighted by Crippen LogP contribution is 2.66. The third-order valence-corrected chi connectivity index (χ3v) is 3.72. The van der Waals surface area contributed by atoms with Gasteiger partial charge in [-0.25, -0.2) is 0 Å². The minimum atomic E-state index is -4.37. The number of pyridine rings is 1. The van der Waals surface area contributed by atoms with Crippen LogP contribution in [-0.4, -0.2) is 22.2 Å². The van der Waals surface area contributed by atoms with E-state index in [4.69, 9.17) is 5.11 Å². The molecule has 0 saturated heterocycles. The van der Waals surface area contributed by atoms with Crippen LogP contribution in [0.25, 0.3) is 0 Å². The predicted molar refractivity (Wildman–Crippen MR) is 61.7 cm³/mol. The number of hydrogen-bond acceptors (Lipinski definition) is 2. The van der Waals surface area contributed by atoms with Gasteiger partial charge < -0.3 is 5.11 Å². The Hall–Kier alpha value is -1.59. The Morgan fingerprint density at radius 1 is 1.53 bits per heavy atom. The van der Waals surface area contributed by atoms with E-state index < -0.39 is 29.9 Å². The summed E-state index contributed by atoms with van der Waals surface area (Å²) >= 11 is 0. The SMILES string of the molecule is Cc1cc([C@@H](CC(=O)O)C2(C(F)(F)F)CC2)ccn1. The number of aromatic nitrogens is 1. The summed E-state index contributed by atoms with van der Waals surface area (Å²) in [5.41, 5.74) is -0.880. The first-order valence-corrected chi connectivity index (χ1v) is 5.97. The van der Waals surface area contributed by atoms with Crippen LogP contribution in [0.4, 0.5) is 13.2 Å². The van der Waals surface area contributed by atoms with Crippen molar-refractivity contribution in [3.8, 4) is 0 Å². The molecule has 0 aliphatic heterocycles. The molecule has 0 radical (unpaired) electrons. The molecule has 1 heterocycles. The molecule has 1 aliphatic rings. The Balaban J connectivity index is 2.40. The number of nitrogens with zero attached hydrogens (tertiary/aromatic N) is 1. The lowest BCUT2D eigenvalue weighted by atomic mass is 9.80. The van der Waals surface area contributed by atoms with Crippen LogP contribution in [0.3, 0.4) is 0 Å². The zero-order chi connectivity index (χ0) is 14.3. The Kier molecular flexibility index (Phi) is 3.28. The zero-order valence-electron chi connectivity index (χ0n) is 10.4. The highest BCUT2D eigenvalue weighted by Gasteiger charge is 2.67. The summed E-state index contributed by atoms with van der Waals surface area (Å²) in [6, 6.07) is 3.02. The largest absolute Gasteiger partial charge is 0.481 e. The number of halogens is 3. The molecule has 1 atom stereocenters. The maximum absolute atomic E-state index is 13.2. The standard InChI is InChI=1S/C13H14F3NO2/c1-8-6-9(2-5-17-8)10(7-11(18)19)12(3-4-12)13(14,15)16/h2,5-6,10H,3-4,7H2,1H3,(H,18,19)/t10-/m1/s1. The fourth-order valence-electron chi connectivity index (χ4n) is 2.56. The van der Waals surface area contributed by atoms with Gasteiger partial charge in [0, 0.05) is 17.8 Å². The van der Waals surface area contributed by atoms with Crippen LogP contribution in [0.15, 0.2) is 18.3 Å². The summed E-state index contributed by atoms with van der Waals surface area (Å²) < 4.78 is 39.5. The summed E-state index contributed by atoms with van der Waals surface area (Å²) in [5.74, 6) is -2.25. The first-order valence-electron chi connectivity index (χ1n) is 5.97. The molecule has 1 aromatic heterocycles. The van der Waals surface area contributed by atoms with E-state index in [2.05, 4.69) is 4.98 Å². The molecular weight excluding hydrogens is 259 g/mol. The van der Waals surface area contributed by atoms with Gasteiger partial charge in [0.15, 0.2) is 0 Å². The Morgan fingerprint density at radius 3 is 2.58 bits per heavy atom. The normalized spacial score (nSPS) is 18.9. The van der Waals surface area contributed by atoms with Crippen LogP contribution in [0.5, 0.6) is 0 Å². The van der Waals surface area contributed by atoms with Gasteiger partial charge in [-0.05, 0) is 37.5 Å². The van der Waals surface area contributed by atoms with Crippen molar-refractivity contribution in [1.29, 1.82) is 0 Å². The highest BCUT2D eigenvalue weighted by molar-refractivity contribution is 5.68. The monoisotopic (exact) mass is 273 g/mol. The van der Waals surface area contributed by atoms with Crippen molar-refractivity contribution >= 4 is 5.97 Å². The number of carboxylic acids is 1. The van der Waals surface area contributed by atoms with Gasteiger partial charge >= 0.3 is 12.1 Å². The number of carbonyl (C=O) groups is 1. The van der Waals surface area contributed by atoms with Gasteiger partial charge in [-0.2, -0.15) is 13.2 Å². The van der Waals surface area contributed by atoms with Gasteiger partial charge in [-0.1, -0.05) is 0 Å². The molecule has 3 nitrogen and oxygen atoms in total. The first kappa shape index (κ1) is 13.8. The molecule has 1 aromatic rings. The van der Waals surface area contributed by atoms with Crippen molar-refractivity contribution in [2.24, 2.45) is 5.41 Å². The molecule has 0 aromatic carbocycles. The third-order valence-electron chi connectivity index (χ3n) is 3.72. The summed E-state index contributed by atoms with van der Waals surface area (Å²) in [6.45, 7) is 1.68. The molecule has 0 spiro atoms. The van der Waals surface area contributed by atoms with Crippen molar-refractivity contribution < 1.29 is 23.1 Å². The lowest BCUT2D eigenvalue weighted by molar-refractivity contribution is -0.195. The molecule has 1 fully saturated rings. The van der Waals surface area contributed by atoms with E-state index in [1.807, 2.05) is 0 Å². The van der Waals surface area contributed by atoms with Crippen molar-refractivity contribution in [2.45, 2.75) is 38.3 Å². The van der Waals surface area contributed by atoms with Gasteiger partial charge in [-0.3, -0.25) is 9.78 Å². The van der Waals surface area contributed by atoms with Gasteiger partial charge in [0.2, 0.25) is 0 Å². The van der Waals surface area contributed by atoms with Crippen LogP contribution in [-0.2, 0) is 4.79 Å². The van der Waals surface area contributed by atoms with Crippen molar-refractivity contribution in [2.75, 3.05) is 0 Å². The Morgan fingerprint density at radius 2 is 2.16 bits per heavy atom. The first-order chi connectivity index (χ1) is 8.76. The topological polar surface area (TPSA) is 50.2 Å². The van der Waals surface area contributed by atoms with Crippen LogP contribution >= 0.6 is 0 Å². The van der Waals surface area contributed by atoms with E-state index in [9.17, 15) is 18.0 Å². The number of rotatable bonds is 4. The van der Waals surface area contributed by atoms with Crippen LogP contribution in [0.2, 0.25) is 0 Å². The van der Waals surface area contributed by atoms with Gasteiger partial charge in [0.25, 0.3) is 0 Å². The van der Waals surface area contributed by atoms with Crippen molar-refractivity contribution in [1.82, 2.24) is 4.98 Å². The van der Waals surface area contributed by atoms with Crippen LogP contribution in [0, 0.1) is 12.3 Å². The minimum absolute atomic E-state index is 0.00415. The van der Waals surface area contributed by atoms with E-state index in [1.54, 1.807) is 13.0 Å². The maximum atomic E-state index is 13.2. The maximum Gasteiger partial charge on any atom is 0.395 e. The molecule has 1 saturated carbocycles. The molecule has 19 heavy (non-hydrogen) atoms. The van der Waals surface area contributed by atoms with E-state index in [0.29, 0.717) is 11.3 Å². The number of aliphatic carboxylic acids is 1. The predicted octanol–water partition coefficient (Wildman–Crippen LogP) is 3.29. The summed E-state index contributed by atoms with van der Waals surface area (Å²) in [6.07, 6.45) is -3.47. The van der Waals surface area contributed by atoms with Crippen LogP contribution < -0.4 is 0 Å². The molecule has 1 aliphatic carbocycles. The summed E-state index contributed by atoms with van der Waals surface area (Å²) in [5, 5.41) is 8.89. The number of alkyl halides is 3. The smallest absolute Gasteiger partial charge is 0.395 e. The Labute approximate surface area is 108 Å². The quantitative estimate of drug-likeness (QED) is 0.915. The second-order valence-electron chi connectivity index (χ2n) is 5.03. The van der Waals surface area contributed by atoms with E-state index in [0.717, 1.165) is 0 Å². The van der Waals surface area contributed by atoms with Gasteiger partial charge in [0.1, 0.15) is 0 Å². The molecule has 104 valence electrons. The van der Waals surface area contributed by atoms with E-state index >= 15 is 0 Å². The fourth-order valence-corrected chi connectivity index (χ4v) is 2.56. The Bertz CT molecular complexity index is 495. The minimum Gasteiger partial charge on any atom is -0.481 e. The lowest BCUT2D eigenvalue weighted by Crippen LogP contribution is -2.32. The average Bonchev–Trinajstić information content (AvgIpc) is 3.05. The lowest BCUT2D eigenvalue weighted by Gasteiger charge is -2.28. The van der Waals surface area contributed by atoms with Crippen molar-refractivity contribution in [3.05, 3.63) is 29.6 Å². The molecule has 0 amide bonds. The summed E-state index contributed by atoms with van der Waals surface area (Å²) in [7, 11) is 0. The molecule has 0 unspecified atom stereocenters. The highest BCUT2D eigenvalue weighted by atomic mass is 19.4. The second kappa shape index (κ2) is 4.51. The van der Waals surface area contributed by atoms with Gasteiger partial charge in [-0.15, -0.1) is 0 Å². The van der Waals surface area contributed by atoms with E-state index in [1.165, 1.54) is 12.3 Å². The molecule has 1 N–H and O–H groups in total. The van der Waals surface area contributed by atoms with Crippen LogP contribution in [0.1, 0.15) is 36.4 Å². The zero-order valence-corrected chi connectivity index (χ0v) is 10.4. The van der Waals surface area contributed by atoms with Gasteiger partial charge in [0.05, 0.1) is 11.8 Å². The third kappa shape index (κ3) is 2.57. The molecule has 2 rings (SSSR count). The summed E-state index contributed by atoms with van der Waals surface area (Å²) in [4.78, 5) is 14.8. The van der Waals surface area contributed by atoms with Crippen molar-refractivity contribution in [3.63, 3.8) is 0 Å².